The number of allylic oxidation sites excluding steroid dienone is 2. The average Bonchev–Trinajstić information content (AvgIpc) is 3.05. The number of nitrogens with one attached hydrogen (secondary N) is 2. The van der Waals surface area contributed by atoms with Gasteiger partial charge in [-0.25, -0.2) is 4.98 Å². The molecule has 3 saturated carbocycles. The standard InChI is InChI=1S/C20H28N6O/c1-3-14(9-27)23-19-24-17(16-18(25-19)26(2)11-22-16)21-10-20-5-4-15-12(7-20)6-13(15)8-20/h4,11-14,27H,3,5-10H2,1-2H3,(H2,21,23,24,25)/t12?,13?,14-,20?/m1/s1. The van der Waals surface area contributed by atoms with E-state index in [0.717, 1.165) is 41.8 Å². The maximum atomic E-state index is 9.50. The lowest BCUT2D eigenvalue weighted by molar-refractivity contribution is 0.0485. The number of hydrogen-bond donors (Lipinski definition) is 3. The molecule has 3 fully saturated rings. The number of aromatic nitrogens is 4. The summed E-state index contributed by atoms with van der Waals surface area (Å²) in [7, 11) is 1.94. The van der Waals surface area contributed by atoms with E-state index in [0.29, 0.717) is 11.4 Å². The predicted molar refractivity (Wildman–Crippen MR) is 106 cm³/mol. The first kappa shape index (κ1) is 17.0. The van der Waals surface area contributed by atoms with Crippen molar-refractivity contribution in [1.29, 1.82) is 0 Å². The van der Waals surface area contributed by atoms with Gasteiger partial charge in [-0.05, 0) is 49.4 Å². The quantitative estimate of drug-likeness (QED) is 0.651. The third-order valence-electron chi connectivity index (χ3n) is 6.88. The SMILES string of the molecule is CC[C@H](CO)Nc1nc(NCC23CC=C4C(CC4C2)C3)c2ncn(C)c2n1. The molecule has 0 amide bonds. The van der Waals surface area contributed by atoms with Crippen LogP contribution in [0.25, 0.3) is 11.2 Å². The molecule has 0 saturated heterocycles. The lowest BCUT2D eigenvalue weighted by Gasteiger charge is -2.58. The van der Waals surface area contributed by atoms with Crippen molar-refractivity contribution in [3.05, 3.63) is 18.0 Å². The Morgan fingerprint density at radius 2 is 2.15 bits per heavy atom. The van der Waals surface area contributed by atoms with Gasteiger partial charge in [0, 0.05) is 13.6 Å². The highest BCUT2D eigenvalue weighted by atomic mass is 16.3. The fourth-order valence-corrected chi connectivity index (χ4v) is 5.30. The summed E-state index contributed by atoms with van der Waals surface area (Å²) in [6.07, 6.45) is 10.3. The number of imidazole rings is 1. The van der Waals surface area contributed by atoms with Gasteiger partial charge in [0.05, 0.1) is 19.0 Å². The third kappa shape index (κ3) is 2.71. The molecule has 0 radical (unpaired) electrons. The van der Waals surface area contributed by atoms with Crippen LogP contribution in [0.2, 0.25) is 0 Å². The van der Waals surface area contributed by atoms with E-state index in [9.17, 15) is 5.11 Å². The zero-order valence-corrected chi connectivity index (χ0v) is 16.1. The Morgan fingerprint density at radius 3 is 2.85 bits per heavy atom. The van der Waals surface area contributed by atoms with Crippen molar-refractivity contribution in [3.63, 3.8) is 0 Å². The van der Waals surface area contributed by atoms with Crippen molar-refractivity contribution in [2.45, 2.75) is 45.1 Å². The molecule has 2 heterocycles. The van der Waals surface area contributed by atoms with Crippen molar-refractivity contribution < 1.29 is 5.11 Å². The molecule has 5 aliphatic rings. The summed E-state index contributed by atoms with van der Waals surface area (Å²) in [5.74, 6) is 3.02. The number of aliphatic hydroxyl groups is 1. The van der Waals surface area contributed by atoms with Gasteiger partial charge in [-0.15, -0.1) is 0 Å². The summed E-state index contributed by atoms with van der Waals surface area (Å²) in [4.78, 5) is 13.8. The fraction of sp³-hybridized carbons (Fsp3) is 0.650. The number of fused-ring (bicyclic) bond motifs is 2. The van der Waals surface area contributed by atoms with Gasteiger partial charge in [-0.3, -0.25) is 0 Å². The number of aryl methyl sites for hydroxylation is 1. The molecule has 0 spiro atoms. The summed E-state index contributed by atoms with van der Waals surface area (Å²) < 4.78 is 1.91. The first-order valence-electron chi connectivity index (χ1n) is 10.1. The number of anilines is 2. The van der Waals surface area contributed by atoms with Gasteiger partial charge in [0.15, 0.2) is 17.0 Å². The molecule has 7 nitrogen and oxygen atoms in total. The number of rotatable bonds is 7. The molecule has 2 aromatic heterocycles. The van der Waals surface area contributed by atoms with Crippen LogP contribution >= 0.6 is 0 Å². The van der Waals surface area contributed by atoms with Gasteiger partial charge in [0.1, 0.15) is 0 Å². The van der Waals surface area contributed by atoms with Crippen molar-refractivity contribution in [1.82, 2.24) is 19.5 Å². The Bertz CT molecular complexity index is 885. The van der Waals surface area contributed by atoms with Crippen LogP contribution in [-0.2, 0) is 7.05 Å². The second kappa shape index (κ2) is 6.19. The molecule has 2 aromatic rings. The second-order valence-electron chi connectivity index (χ2n) is 8.66. The summed E-state index contributed by atoms with van der Waals surface area (Å²) in [5, 5.41) is 16.4. The summed E-state index contributed by atoms with van der Waals surface area (Å²) >= 11 is 0. The zero-order valence-electron chi connectivity index (χ0n) is 16.1. The van der Waals surface area contributed by atoms with Crippen LogP contribution in [0.3, 0.4) is 0 Å². The molecule has 2 unspecified atom stereocenters. The summed E-state index contributed by atoms with van der Waals surface area (Å²) in [6, 6.07) is -0.0468. The topological polar surface area (TPSA) is 87.9 Å². The Balaban J connectivity index is 1.41. The van der Waals surface area contributed by atoms with E-state index in [4.69, 9.17) is 4.98 Å². The van der Waals surface area contributed by atoms with Crippen molar-refractivity contribution in [2.75, 3.05) is 23.8 Å². The van der Waals surface area contributed by atoms with E-state index in [2.05, 4.69) is 26.7 Å². The van der Waals surface area contributed by atoms with Gasteiger partial charge in [0.2, 0.25) is 5.95 Å². The van der Waals surface area contributed by atoms with Crippen LogP contribution in [0.15, 0.2) is 18.0 Å². The van der Waals surface area contributed by atoms with Gasteiger partial charge < -0.3 is 20.3 Å². The monoisotopic (exact) mass is 368 g/mol. The predicted octanol–water partition coefficient (Wildman–Crippen LogP) is 2.70. The van der Waals surface area contributed by atoms with E-state index in [1.54, 1.807) is 11.9 Å². The molecule has 3 N–H and O–H groups in total. The lowest BCUT2D eigenvalue weighted by atomic mass is 9.48. The normalized spacial score (nSPS) is 29.4. The van der Waals surface area contributed by atoms with Crippen LogP contribution in [0.4, 0.5) is 11.8 Å². The minimum Gasteiger partial charge on any atom is -0.394 e. The average molecular weight is 368 g/mol. The molecule has 27 heavy (non-hydrogen) atoms. The van der Waals surface area contributed by atoms with Crippen molar-refractivity contribution in [3.8, 4) is 0 Å². The number of nitrogens with zero attached hydrogens (tertiary/aromatic N) is 4. The molecule has 5 aliphatic carbocycles. The van der Waals surface area contributed by atoms with Gasteiger partial charge in [-0.2, -0.15) is 9.97 Å². The number of hydrogen-bond acceptors (Lipinski definition) is 6. The van der Waals surface area contributed by atoms with E-state index in [-0.39, 0.29) is 12.6 Å². The fourth-order valence-electron chi connectivity index (χ4n) is 5.30. The first-order valence-corrected chi connectivity index (χ1v) is 10.1. The Morgan fingerprint density at radius 1 is 1.33 bits per heavy atom. The Kier molecular flexibility index (Phi) is 3.89. The van der Waals surface area contributed by atoms with Gasteiger partial charge >= 0.3 is 0 Å². The lowest BCUT2D eigenvalue weighted by Crippen LogP contribution is -2.49. The molecule has 4 bridgehead atoms. The van der Waals surface area contributed by atoms with Crippen LogP contribution in [0.5, 0.6) is 0 Å². The van der Waals surface area contributed by atoms with E-state index >= 15 is 0 Å². The highest BCUT2D eigenvalue weighted by Crippen LogP contribution is 2.62. The molecular weight excluding hydrogens is 340 g/mol. The first-order chi connectivity index (χ1) is 13.1. The van der Waals surface area contributed by atoms with E-state index in [1.165, 1.54) is 25.7 Å². The highest BCUT2D eigenvalue weighted by molar-refractivity contribution is 5.84. The Hall–Kier alpha value is -2.15. The van der Waals surface area contributed by atoms with Gasteiger partial charge in [-0.1, -0.05) is 18.6 Å². The molecule has 3 atom stereocenters. The number of aliphatic hydroxyl groups excluding tert-OH is 1. The molecular formula is C20H28N6O. The maximum Gasteiger partial charge on any atom is 0.227 e. The minimum absolute atomic E-state index is 0.0468. The molecule has 0 aromatic carbocycles. The van der Waals surface area contributed by atoms with Crippen LogP contribution < -0.4 is 10.6 Å². The summed E-state index contributed by atoms with van der Waals surface area (Å²) in [6.45, 7) is 3.03. The van der Waals surface area contributed by atoms with Gasteiger partial charge in [0.25, 0.3) is 0 Å². The summed E-state index contributed by atoms with van der Waals surface area (Å²) in [5.41, 5.74) is 3.72. The zero-order chi connectivity index (χ0) is 18.6. The van der Waals surface area contributed by atoms with Crippen molar-refractivity contribution in [2.24, 2.45) is 24.3 Å². The maximum absolute atomic E-state index is 9.50. The molecule has 0 aliphatic heterocycles. The van der Waals surface area contributed by atoms with E-state index in [1.807, 2.05) is 18.5 Å². The van der Waals surface area contributed by atoms with Crippen molar-refractivity contribution >= 4 is 22.9 Å². The smallest absolute Gasteiger partial charge is 0.227 e. The molecule has 7 rings (SSSR count). The largest absolute Gasteiger partial charge is 0.394 e. The van der Waals surface area contributed by atoms with Crippen LogP contribution in [-0.4, -0.2) is 43.8 Å². The molecule has 144 valence electrons. The highest BCUT2D eigenvalue weighted by Gasteiger charge is 2.52. The third-order valence-corrected chi connectivity index (χ3v) is 6.88. The van der Waals surface area contributed by atoms with Crippen LogP contribution in [0, 0.1) is 17.3 Å². The molecule has 7 heteroatoms. The van der Waals surface area contributed by atoms with E-state index < -0.39 is 0 Å². The van der Waals surface area contributed by atoms with Crippen LogP contribution in [0.1, 0.15) is 39.0 Å². The second-order valence-corrected chi connectivity index (χ2v) is 8.66. The minimum atomic E-state index is -0.0468. The Labute approximate surface area is 159 Å².